The maximum Gasteiger partial charge on any atom is 0.271 e. The van der Waals surface area contributed by atoms with Gasteiger partial charge in [0.1, 0.15) is 12.4 Å². The molecule has 0 unspecified atom stereocenters. The predicted molar refractivity (Wildman–Crippen MR) is 130 cm³/mol. The summed E-state index contributed by atoms with van der Waals surface area (Å²) in [4.78, 5) is 12.4. The largest absolute Gasteiger partial charge is 0.489 e. The molecule has 3 aromatic carbocycles. The van der Waals surface area contributed by atoms with Crippen LogP contribution in [0.15, 0.2) is 82.4 Å². The van der Waals surface area contributed by atoms with Crippen molar-refractivity contribution in [2.75, 3.05) is 0 Å². The SMILES string of the molecule is C/C(=N/NC(=O)c1ccc(OCc2ccc(Br)cc2)cc1)c1ccc(C(C)(C)C)cc1. The average Bonchev–Trinajstić information content (AvgIpc) is 2.76. The second kappa shape index (κ2) is 9.92. The first kappa shape index (κ1) is 22.8. The van der Waals surface area contributed by atoms with Crippen molar-refractivity contribution in [3.05, 3.63) is 99.5 Å². The summed E-state index contributed by atoms with van der Waals surface area (Å²) >= 11 is 3.42. The van der Waals surface area contributed by atoms with Crippen LogP contribution in [0.5, 0.6) is 5.75 Å². The molecule has 0 aromatic heterocycles. The van der Waals surface area contributed by atoms with Crippen molar-refractivity contribution in [3.63, 3.8) is 0 Å². The Balaban J connectivity index is 1.56. The highest BCUT2D eigenvalue weighted by atomic mass is 79.9. The van der Waals surface area contributed by atoms with Gasteiger partial charge in [0, 0.05) is 10.0 Å². The molecule has 0 heterocycles. The summed E-state index contributed by atoms with van der Waals surface area (Å²) in [5, 5.41) is 4.25. The molecule has 0 fully saturated rings. The lowest BCUT2D eigenvalue weighted by Crippen LogP contribution is -2.19. The lowest BCUT2D eigenvalue weighted by molar-refractivity contribution is 0.0955. The van der Waals surface area contributed by atoms with Crippen LogP contribution in [0.3, 0.4) is 0 Å². The summed E-state index contributed by atoms with van der Waals surface area (Å²) in [5.74, 6) is 0.447. The molecule has 31 heavy (non-hydrogen) atoms. The highest BCUT2D eigenvalue weighted by molar-refractivity contribution is 9.10. The highest BCUT2D eigenvalue weighted by Gasteiger charge is 2.13. The summed E-state index contributed by atoms with van der Waals surface area (Å²) in [6, 6.07) is 23.3. The van der Waals surface area contributed by atoms with E-state index in [0.717, 1.165) is 21.3 Å². The van der Waals surface area contributed by atoms with E-state index in [9.17, 15) is 4.79 Å². The highest BCUT2D eigenvalue weighted by Crippen LogP contribution is 2.22. The summed E-state index contributed by atoms with van der Waals surface area (Å²) < 4.78 is 6.82. The van der Waals surface area contributed by atoms with Gasteiger partial charge in [-0.05, 0) is 65.4 Å². The van der Waals surface area contributed by atoms with Gasteiger partial charge in [-0.2, -0.15) is 5.10 Å². The van der Waals surface area contributed by atoms with Crippen LogP contribution in [-0.4, -0.2) is 11.6 Å². The number of rotatable bonds is 6. The molecule has 160 valence electrons. The molecule has 3 rings (SSSR count). The van der Waals surface area contributed by atoms with Crippen LogP contribution in [-0.2, 0) is 12.0 Å². The Bertz CT molecular complexity index is 1050. The minimum atomic E-state index is -0.259. The molecule has 0 aliphatic carbocycles. The van der Waals surface area contributed by atoms with Gasteiger partial charge in [-0.1, -0.05) is 73.1 Å². The van der Waals surface area contributed by atoms with E-state index in [-0.39, 0.29) is 11.3 Å². The lowest BCUT2D eigenvalue weighted by atomic mass is 9.86. The zero-order chi connectivity index (χ0) is 22.4. The molecule has 0 bridgehead atoms. The summed E-state index contributed by atoms with van der Waals surface area (Å²) in [6.45, 7) is 8.89. The fraction of sp³-hybridized carbons (Fsp3) is 0.231. The van der Waals surface area contributed by atoms with Gasteiger partial charge < -0.3 is 4.74 Å². The third kappa shape index (κ3) is 6.53. The van der Waals surface area contributed by atoms with E-state index in [4.69, 9.17) is 4.74 Å². The van der Waals surface area contributed by atoms with Crippen molar-refractivity contribution in [2.45, 2.75) is 39.7 Å². The maximum atomic E-state index is 12.4. The Morgan fingerprint density at radius 3 is 2.06 bits per heavy atom. The molecule has 0 saturated carbocycles. The number of halogens is 1. The summed E-state index contributed by atoms with van der Waals surface area (Å²) in [7, 11) is 0. The second-order valence-electron chi connectivity index (χ2n) is 8.41. The molecule has 4 nitrogen and oxygen atoms in total. The first-order valence-electron chi connectivity index (χ1n) is 10.2. The number of hydrogen-bond acceptors (Lipinski definition) is 3. The Morgan fingerprint density at radius 1 is 0.903 bits per heavy atom. The molecule has 0 atom stereocenters. The van der Waals surface area contributed by atoms with E-state index in [1.807, 2.05) is 43.3 Å². The molecule has 0 aliphatic rings. The van der Waals surface area contributed by atoms with Crippen LogP contribution in [0.2, 0.25) is 0 Å². The quantitative estimate of drug-likeness (QED) is 0.325. The number of amides is 1. The number of hydrogen-bond donors (Lipinski definition) is 1. The lowest BCUT2D eigenvalue weighted by Gasteiger charge is -2.19. The third-order valence-corrected chi connectivity index (χ3v) is 5.46. The fourth-order valence-corrected chi connectivity index (χ4v) is 3.19. The van der Waals surface area contributed by atoms with E-state index in [1.165, 1.54) is 5.56 Å². The molecule has 0 saturated heterocycles. The minimum Gasteiger partial charge on any atom is -0.489 e. The number of carbonyl (C=O) groups excluding carboxylic acids is 1. The van der Waals surface area contributed by atoms with Crippen molar-refractivity contribution in [2.24, 2.45) is 5.10 Å². The standard InChI is InChI=1S/C26H27BrN2O2/c1-18(20-7-11-22(12-8-20)26(2,3)4)28-29-25(30)21-9-15-24(16-10-21)31-17-19-5-13-23(27)14-6-19/h5-16H,17H2,1-4H3,(H,29,30)/b28-18-. The van der Waals surface area contributed by atoms with Crippen molar-refractivity contribution >= 4 is 27.5 Å². The predicted octanol–water partition coefficient (Wildman–Crippen LogP) is 6.48. The maximum absolute atomic E-state index is 12.4. The van der Waals surface area contributed by atoms with Gasteiger partial charge in [0.05, 0.1) is 5.71 Å². The summed E-state index contributed by atoms with van der Waals surface area (Å²) in [6.07, 6.45) is 0. The van der Waals surface area contributed by atoms with Crippen LogP contribution in [0.25, 0.3) is 0 Å². The van der Waals surface area contributed by atoms with E-state index >= 15 is 0 Å². The molecule has 0 aliphatic heterocycles. The van der Waals surface area contributed by atoms with E-state index in [0.29, 0.717) is 17.9 Å². The van der Waals surface area contributed by atoms with E-state index in [2.05, 4.69) is 59.4 Å². The molecule has 0 radical (unpaired) electrons. The first-order chi connectivity index (χ1) is 14.7. The Hall–Kier alpha value is -2.92. The van der Waals surface area contributed by atoms with Crippen LogP contribution in [0.4, 0.5) is 0 Å². The van der Waals surface area contributed by atoms with Gasteiger partial charge in [-0.3, -0.25) is 4.79 Å². The van der Waals surface area contributed by atoms with Gasteiger partial charge in [0.2, 0.25) is 0 Å². The van der Waals surface area contributed by atoms with Gasteiger partial charge in [-0.25, -0.2) is 5.43 Å². The monoisotopic (exact) mass is 478 g/mol. The van der Waals surface area contributed by atoms with Crippen LogP contribution < -0.4 is 10.2 Å². The van der Waals surface area contributed by atoms with Crippen LogP contribution in [0.1, 0.15) is 54.7 Å². The van der Waals surface area contributed by atoms with Crippen molar-refractivity contribution in [1.82, 2.24) is 5.43 Å². The fourth-order valence-electron chi connectivity index (χ4n) is 2.92. The molecule has 1 amide bonds. The Morgan fingerprint density at radius 2 is 1.48 bits per heavy atom. The van der Waals surface area contributed by atoms with Crippen LogP contribution in [0, 0.1) is 0 Å². The van der Waals surface area contributed by atoms with E-state index in [1.54, 1.807) is 24.3 Å². The topological polar surface area (TPSA) is 50.7 Å². The first-order valence-corrected chi connectivity index (χ1v) is 10.9. The zero-order valence-electron chi connectivity index (χ0n) is 18.3. The molecule has 1 N–H and O–H groups in total. The van der Waals surface area contributed by atoms with E-state index < -0.39 is 0 Å². The van der Waals surface area contributed by atoms with Crippen molar-refractivity contribution in [1.29, 1.82) is 0 Å². The summed E-state index contributed by atoms with van der Waals surface area (Å²) in [5.41, 5.74) is 7.32. The minimum absolute atomic E-state index is 0.103. The zero-order valence-corrected chi connectivity index (χ0v) is 19.9. The number of benzene rings is 3. The van der Waals surface area contributed by atoms with Gasteiger partial charge >= 0.3 is 0 Å². The molecular formula is C26H27BrN2O2. The second-order valence-corrected chi connectivity index (χ2v) is 9.32. The number of carbonyl (C=O) groups is 1. The molecule has 0 spiro atoms. The Labute approximate surface area is 192 Å². The molecular weight excluding hydrogens is 452 g/mol. The molecule has 5 heteroatoms. The van der Waals surface area contributed by atoms with Gasteiger partial charge in [0.25, 0.3) is 5.91 Å². The number of ether oxygens (including phenoxy) is 1. The number of hydrazone groups is 1. The Kier molecular flexibility index (Phi) is 7.29. The molecule has 3 aromatic rings. The van der Waals surface area contributed by atoms with Crippen molar-refractivity contribution < 1.29 is 9.53 Å². The van der Waals surface area contributed by atoms with Crippen LogP contribution >= 0.6 is 15.9 Å². The third-order valence-electron chi connectivity index (χ3n) is 4.93. The normalized spacial score (nSPS) is 11.8. The average molecular weight is 479 g/mol. The smallest absolute Gasteiger partial charge is 0.271 e. The van der Waals surface area contributed by atoms with Gasteiger partial charge in [0.15, 0.2) is 0 Å². The van der Waals surface area contributed by atoms with Gasteiger partial charge in [-0.15, -0.1) is 0 Å². The number of nitrogens with zero attached hydrogens (tertiary/aromatic N) is 1. The number of nitrogens with one attached hydrogen (secondary N) is 1. The van der Waals surface area contributed by atoms with Crippen molar-refractivity contribution in [3.8, 4) is 5.75 Å².